The number of guanidine groups is 1. The first-order valence-electron chi connectivity index (χ1n) is 12.0. The number of carbonyl (C=O) groups is 1. The first-order chi connectivity index (χ1) is 15.4. The summed E-state index contributed by atoms with van der Waals surface area (Å²) < 4.78 is 6.08. The van der Waals surface area contributed by atoms with E-state index < -0.39 is 0 Å². The zero-order valence-corrected chi connectivity index (χ0v) is 23.0. The lowest BCUT2D eigenvalue weighted by molar-refractivity contribution is -0.131. The molecule has 2 heterocycles. The summed E-state index contributed by atoms with van der Waals surface area (Å²) in [5, 5.41) is 6.75. The van der Waals surface area contributed by atoms with Gasteiger partial charge in [-0.1, -0.05) is 39.0 Å². The second-order valence-electron chi connectivity index (χ2n) is 9.89. The maximum atomic E-state index is 12.7. The van der Waals surface area contributed by atoms with E-state index in [-0.39, 0.29) is 41.4 Å². The number of nitrogens with zero attached hydrogens (tertiary/aromatic N) is 3. The largest absolute Gasteiger partial charge is 0.377 e. The number of ether oxygens (including phenoxy) is 1. The summed E-state index contributed by atoms with van der Waals surface area (Å²) in [7, 11) is 1.78. The van der Waals surface area contributed by atoms with Gasteiger partial charge in [0.15, 0.2) is 5.96 Å². The number of benzene rings is 1. The quantitative estimate of drug-likeness (QED) is 0.312. The molecule has 2 N–H and O–H groups in total. The number of carbonyl (C=O) groups excluding carboxylic acids is 1. The van der Waals surface area contributed by atoms with E-state index in [0.717, 1.165) is 51.7 Å². The van der Waals surface area contributed by atoms with Crippen LogP contribution >= 0.6 is 24.0 Å². The average molecular weight is 572 g/mol. The topological polar surface area (TPSA) is 69.2 Å². The van der Waals surface area contributed by atoms with Crippen LogP contribution in [-0.4, -0.2) is 75.8 Å². The molecule has 0 radical (unpaired) electrons. The summed E-state index contributed by atoms with van der Waals surface area (Å²) in [4.78, 5) is 21.3. The predicted molar refractivity (Wildman–Crippen MR) is 147 cm³/mol. The van der Waals surface area contributed by atoms with E-state index in [0.29, 0.717) is 18.9 Å². The van der Waals surface area contributed by atoms with Gasteiger partial charge in [-0.3, -0.25) is 9.79 Å². The van der Waals surface area contributed by atoms with Crippen LogP contribution in [0.5, 0.6) is 0 Å². The van der Waals surface area contributed by atoms with Crippen molar-refractivity contribution in [1.82, 2.24) is 15.5 Å². The highest BCUT2D eigenvalue weighted by Crippen LogP contribution is 2.33. The van der Waals surface area contributed by atoms with Gasteiger partial charge in [-0.25, -0.2) is 0 Å². The van der Waals surface area contributed by atoms with Gasteiger partial charge >= 0.3 is 0 Å². The van der Waals surface area contributed by atoms with Crippen LogP contribution in [0.25, 0.3) is 0 Å². The molecule has 1 aromatic rings. The normalized spacial score (nSPS) is 21.9. The Morgan fingerprint density at radius 2 is 1.82 bits per heavy atom. The molecule has 2 unspecified atom stereocenters. The van der Waals surface area contributed by atoms with Crippen LogP contribution in [-0.2, 0) is 9.53 Å². The fourth-order valence-electron chi connectivity index (χ4n) is 4.76. The van der Waals surface area contributed by atoms with Crippen molar-refractivity contribution < 1.29 is 9.53 Å². The van der Waals surface area contributed by atoms with Crippen LogP contribution in [0.15, 0.2) is 35.3 Å². The fraction of sp³-hybridized carbons (Fsp3) is 0.680. The van der Waals surface area contributed by atoms with Crippen molar-refractivity contribution in [3.63, 3.8) is 0 Å². The molecule has 0 bridgehead atoms. The second kappa shape index (κ2) is 13.4. The Morgan fingerprint density at radius 3 is 2.45 bits per heavy atom. The Balaban J connectivity index is 0.00000385. The number of halogens is 1. The molecule has 2 aliphatic rings. The van der Waals surface area contributed by atoms with Gasteiger partial charge in [0.2, 0.25) is 5.91 Å². The highest BCUT2D eigenvalue weighted by molar-refractivity contribution is 14.0. The predicted octanol–water partition coefficient (Wildman–Crippen LogP) is 3.35. The number of anilines is 1. The number of hydrogen-bond donors (Lipinski definition) is 2. The molecule has 8 heteroatoms. The molecule has 1 amide bonds. The van der Waals surface area contributed by atoms with Gasteiger partial charge in [-0.05, 0) is 30.4 Å². The Hall–Kier alpha value is -1.55. The van der Waals surface area contributed by atoms with E-state index >= 15 is 0 Å². The minimum absolute atomic E-state index is 0. The molecular formula is C25H42IN5O2. The average Bonchev–Trinajstić information content (AvgIpc) is 2.81. The lowest BCUT2D eigenvalue weighted by Crippen LogP contribution is -2.50. The Kier molecular flexibility index (Phi) is 11.2. The molecule has 186 valence electrons. The van der Waals surface area contributed by atoms with E-state index in [1.54, 1.807) is 7.05 Å². The van der Waals surface area contributed by atoms with Crippen molar-refractivity contribution in [2.75, 3.05) is 57.8 Å². The van der Waals surface area contributed by atoms with E-state index in [1.165, 1.54) is 12.1 Å². The summed E-state index contributed by atoms with van der Waals surface area (Å²) in [5.74, 6) is 1.42. The van der Waals surface area contributed by atoms with E-state index in [9.17, 15) is 4.79 Å². The summed E-state index contributed by atoms with van der Waals surface area (Å²) in [5.41, 5.74) is 1.36. The standard InChI is InChI=1S/C25H41N5O2.HI/c1-25(2,3)23-20(9-8-18-32-23)19-28-24(26-4)27-13-12-22(31)30-16-14-29(15-17-30)21-10-6-5-7-11-21;/h5-7,10-11,20,23H,8-9,12-19H2,1-4H3,(H2,26,27,28);1H. The molecule has 7 nitrogen and oxygen atoms in total. The highest BCUT2D eigenvalue weighted by atomic mass is 127. The molecule has 2 atom stereocenters. The van der Waals surface area contributed by atoms with Crippen LogP contribution in [0, 0.1) is 11.3 Å². The molecule has 33 heavy (non-hydrogen) atoms. The van der Waals surface area contributed by atoms with E-state index in [4.69, 9.17) is 4.74 Å². The number of piperazine rings is 1. The minimum Gasteiger partial charge on any atom is -0.377 e. The highest BCUT2D eigenvalue weighted by Gasteiger charge is 2.35. The van der Waals surface area contributed by atoms with Crippen LogP contribution in [0.3, 0.4) is 0 Å². The summed E-state index contributed by atoms with van der Waals surface area (Å²) in [6.45, 7) is 12.3. The minimum atomic E-state index is 0. The molecule has 2 fully saturated rings. The van der Waals surface area contributed by atoms with Gasteiger partial charge in [-0.2, -0.15) is 0 Å². The smallest absolute Gasteiger partial charge is 0.224 e. The fourth-order valence-corrected chi connectivity index (χ4v) is 4.76. The molecule has 1 aromatic carbocycles. The lowest BCUT2D eigenvalue weighted by atomic mass is 9.78. The summed E-state index contributed by atoms with van der Waals surface area (Å²) in [6.07, 6.45) is 3.00. The first kappa shape index (κ1) is 27.7. The van der Waals surface area contributed by atoms with Crippen molar-refractivity contribution in [1.29, 1.82) is 0 Å². The molecule has 2 aliphatic heterocycles. The zero-order valence-electron chi connectivity index (χ0n) is 20.7. The van der Waals surface area contributed by atoms with Crippen LogP contribution in [0.1, 0.15) is 40.0 Å². The van der Waals surface area contributed by atoms with Crippen molar-refractivity contribution in [3.8, 4) is 0 Å². The maximum absolute atomic E-state index is 12.7. The summed E-state index contributed by atoms with van der Waals surface area (Å²) >= 11 is 0. The Morgan fingerprint density at radius 1 is 1.12 bits per heavy atom. The molecule has 0 saturated carbocycles. The molecule has 0 aromatic heterocycles. The van der Waals surface area contributed by atoms with Crippen LogP contribution in [0.4, 0.5) is 5.69 Å². The Labute approximate surface area is 216 Å². The van der Waals surface area contributed by atoms with Crippen LogP contribution < -0.4 is 15.5 Å². The number of para-hydroxylation sites is 1. The zero-order chi connectivity index (χ0) is 23.0. The van der Waals surface area contributed by atoms with Crippen molar-refractivity contribution in [2.45, 2.75) is 46.1 Å². The van der Waals surface area contributed by atoms with Gasteiger partial charge in [0.25, 0.3) is 0 Å². The van der Waals surface area contributed by atoms with Crippen molar-refractivity contribution in [2.24, 2.45) is 16.3 Å². The molecule has 3 rings (SSSR count). The van der Waals surface area contributed by atoms with Crippen molar-refractivity contribution in [3.05, 3.63) is 30.3 Å². The number of nitrogens with one attached hydrogen (secondary N) is 2. The lowest BCUT2D eigenvalue weighted by Gasteiger charge is -2.40. The van der Waals surface area contributed by atoms with E-state index in [1.807, 2.05) is 11.0 Å². The third kappa shape index (κ3) is 8.31. The SMILES string of the molecule is CN=C(NCCC(=O)N1CCN(c2ccccc2)CC1)NCC1CCCOC1C(C)(C)C.I. The number of amides is 1. The second-order valence-corrected chi connectivity index (χ2v) is 9.89. The van der Waals surface area contributed by atoms with Gasteiger partial charge in [-0.15, -0.1) is 24.0 Å². The van der Waals surface area contributed by atoms with Gasteiger partial charge in [0.05, 0.1) is 6.10 Å². The molecular weight excluding hydrogens is 529 g/mol. The number of rotatable bonds is 6. The molecule has 0 spiro atoms. The van der Waals surface area contributed by atoms with Crippen molar-refractivity contribution >= 4 is 41.5 Å². The molecule has 2 saturated heterocycles. The first-order valence-corrected chi connectivity index (χ1v) is 12.0. The third-order valence-electron chi connectivity index (χ3n) is 6.44. The van der Waals surface area contributed by atoms with Gasteiger partial charge in [0, 0.05) is 70.9 Å². The maximum Gasteiger partial charge on any atom is 0.224 e. The number of aliphatic imine (C=N–C) groups is 1. The monoisotopic (exact) mass is 571 g/mol. The van der Waals surface area contributed by atoms with Crippen LogP contribution in [0.2, 0.25) is 0 Å². The summed E-state index contributed by atoms with van der Waals surface area (Å²) in [6, 6.07) is 10.4. The van der Waals surface area contributed by atoms with Gasteiger partial charge < -0.3 is 25.2 Å². The van der Waals surface area contributed by atoms with E-state index in [2.05, 4.69) is 65.6 Å². The number of hydrogen-bond acceptors (Lipinski definition) is 4. The third-order valence-corrected chi connectivity index (χ3v) is 6.44. The Bertz CT molecular complexity index is 745. The van der Waals surface area contributed by atoms with Gasteiger partial charge in [0.1, 0.15) is 0 Å². The molecule has 0 aliphatic carbocycles.